The van der Waals surface area contributed by atoms with Crippen LogP contribution in [0, 0.1) is 0 Å². The SMILES string of the molecule is O=C1CC(Cl)(C(F)(F)F)O1. The topological polar surface area (TPSA) is 26.3 Å². The summed E-state index contributed by atoms with van der Waals surface area (Å²) in [5, 5.41) is -2.75. The molecule has 1 unspecified atom stereocenters. The minimum absolute atomic E-state index is 0.794. The Labute approximate surface area is 58.9 Å². The molecule has 0 N–H and O–H groups in total. The Morgan fingerprint density at radius 2 is 2.00 bits per heavy atom. The Kier molecular flexibility index (Phi) is 1.36. The van der Waals surface area contributed by atoms with E-state index in [9.17, 15) is 18.0 Å². The summed E-state index contributed by atoms with van der Waals surface area (Å²) in [5.74, 6) is -0.924. The Morgan fingerprint density at radius 3 is 2.10 bits per heavy atom. The van der Waals surface area contributed by atoms with Gasteiger partial charge in [0.05, 0.1) is 0 Å². The fourth-order valence-corrected chi connectivity index (χ4v) is 0.711. The summed E-state index contributed by atoms with van der Waals surface area (Å²) in [6, 6.07) is 0. The monoisotopic (exact) mass is 174 g/mol. The van der Waals surface area contributed by atoms with Gasteiger partial charge in [-0.15, -0.1) is 0 Å². The van der Waals surface area contributed by atoms with Gasteiger partial charge < -0.3 is 4.74 Å². The van der Waals surface area contributed by atoms with Crippen LogP contribution in [0.5, 0.6) is 0 Å². The summed E-state index contributed by atoms with van der Waals surface area (Å²) < 4.78 is 38.6. The van der Waals surface area contributed by atoms with Gasteiger partial charge in [-0.05, 0) is 0 Å². The molecular formula is C4H2ClF3O2. The van der Waals surface area contributed by atoms with E-state index in [1.807, 2.05) is 0 Å². The van der Waals surface area contributed by atoms with Crippen LogP contribution in [-0.4, -0.2) is 17.2 Å². The molecule has 1 heterocycles. The van der Waals surface area contributed by atoms with E-state index < -0.39 is 23.6 Å². The molecule has 0 bridgehead atoms. The van der Waals surface area contributed by atoms with Crippen LogP contribution in [0.15, 0.2) is 0 Å². The van der Waals surface area contributed by atoms with Crippen molar-refractivity contribution in [2.45, 2.75) is 17.7 Å². The standard InChI is InChI=1S/C4H2ClF3O2/c5-3(4(6,7)8)1-2(9)10-3/h1H2. The smallest absolute Gasteiger partial charge is 0.432 e. The predicted molar refractivity (Wildman–Crippen MR) is 25.3 cm³/mol. The van der Waals surface area contributed by atoms with Crippen LogP contribution in [0.2, 0.25) is 0 Å². The number of ether oxygens (including phenoxy) is 1. The third kappa shape index (κ3) is 0.941. The number of halogens is 4. The van der Waals surface area contributed by atoms with Crippen molar-refractivity contribution in [2.24, 2.45) is 0 Å². The molecule has 1 rings (SSSR count). The van der Waals surface area contributed by atoms with Crippen LogP contribution in [0.25, 0.3) is 0 Å². The fourth-order valence-electron chi connectivity index (χ4n) is 0.516. The van der Waals surface area contributed by atoms with E-state index in [4.69, 9.17) is 11.6 Å². The molecule has 1 aliphatic heterocycles. The molecule has 10 heavy (non-hydrogen) atoms. The lowest BCUT2D eigenvalue weighted by molar-refractivity contribution is -0.268. The molecule has 0 saturated carbocycles. The zero-order valence-corrected chi connectivity index (χ0v) is 5.29. The lowest BCUT2D eigenvalue weighted by Gasteiger charge is -2.35. The second-order valence-corrected chi connectivity index (χ2v) is 2.49. The lowest BCUT2D eigenvalue weighted by atomic mass is 10.1. The third-order valence-electron chi connectivity index (χ3n) is 1.07. The number of carbonyl (C=O) groups is 1. The van der Waals surface area contributed by atoms with Gasteiger partial charge in [0.25, 0.3) is 5.06 Å². The minimum Gasteiger partial charge on any atom is -0.432 e. The second-order valence-electron chi connectivity index (χ2n) is 1.88. The van der Waals surface area contributed by atoms with E-state index in [0.717, 1.165) is 0 Å². The fraction of sp³-hybridized carbons (Fsp3) is 0.750. The first-order valence-corrected chi connectivity index (χ1v) is 2.70. The van der Waals surface area contributed by atoms with Gasteiger partial charge in [0.15, 0.2) is 0 Å². The number of rotatable bonds is 0. The third-order valence-corrected chi connectivity index (χ3v) is 1.50. The predicted octanol–water partition coefficient (Wildman–Crippen LogP) is 1.43. The summed E-state index contributed by atoms with van der Waals surface area (Å²) in [4.78, 5) is 9.95. The van der Waals surface area contributed by atoms with E-state index in [2.05, 4.69) is 4.74 Å². The highest BCUT2D eigenvalue weighted by Crippen LogP contribution is 2.45. The summed E-state index contributed by atoms with van der Waals surface area (Å²) >= 11 is 4.81. The van der Waals surface area contributed by atoms with Crippen molar-refractivity contribution in [2.75, 3.05) is 0 Å². The minimum atomic E-state index is -4.66. The average Bonchev–Trinajstić information content (AvgIpc) is 1.58. The van der Waals surface area contributed by atoms with Crippen molar-refractivity contribution in [3.05, 3.63) is 0 Å². The van der Waals surface area contributed by atoms with Crippen molar-refractivity contribution >= 4 is 17.6 Å². The Balaban J connectivity index is 2.65. The van der Waals surface area contributed by atoms with E-state index in [0.29, 0.717) is 0 Å². The summed E-state index contributed by atoms with van der Waals surface area (Å²) in [6.07, 6.45) is -5.46. The lowest BCUT2D eigenvalue weighted by Crippen LogP contribution is -2.53. The highest BCUT2D eigenvalue weighted by atomic mass is 35.5. The molecule has 0 aromatic carbocycles. The molecule has 1 atom stereocenters. The number of carbonyl (C=O) groups excluding carboxylic acids is 1. The molecule has 0 amide bonds. The van der Waals surface area contributed by atoms with Crippen LogP contribution in [0.4, 0.5) is 13.2 Å². The van der Waals surface area contributed by atoms with Gasteiger partial charge in [-0.3, -0.25) is 4.79 Å². The Bertz CT molecular complexity index is 168. The van der Waals surface area contributed by atoms with Gasteiger partial charge in [0, 0.05) is 0 Å². The molecule has 0 aliphatic carbocycles. The second kappa shape index (κ2) is 1.78. The molecule has 6 heteroatoms. The highest BCUT2D eigenvalue weighted by molar-refractivity contribution is 6.26. The maximum Gasteiger partial charge on any atom is 0.443 e. The molecule has 0 aromatic heterocycles. The van der Waals surface area contributed by atoms with Crippen molar-refractivity contribution in [3.63, 3.8) is 0 Å². The van der Waals surface area contributed by atoms with Gasteiger partial charge in [0.1, 0.15) is 6.42 Å². The quantitative estimate of drug-likeness (QED) is 0.410. The summed E-state index contributed by atoms with van der Waals surface area (Å²) in [7, 11) is 0. The summed E-state index contributed by atoms with van der Waals surface area (Å²) in [5.41, 5.74) is 0. The number of alkyl halides is 4. The molecule has 0 spiro atoms. The first-order valence-electron chi connectivity index (χ1n) is 2.33. The zero-order valence-electron chi connectivity index (χ0n) is 4.54. The van der Waals surface area contributed by atoms with Crippen molar-refractivity contribution in [3.8, 4) is 0 Å². The van der Waals surface area contributed by atoms with Crippen LogP contribution >= 0.6 is 11.6 Å². The maximum atomic E-state index is 11.6. The number of hydrogen-bond acceptors (Lipinski definition) is 2. The number of hydrogen-bond donors (Lipinski definition) is 0. The molecule has 1 saturated heterocycles. The molecule has 58 valence electrons. The molecule has 0 radical (unpaired) electrons. The first-order chi connectivity index (χ1) is 4.35. The van der Waals surface area contributed by atoms with Crippen molar-refractivity contribution < 1.29 is 22.7 Å². The Hall–Kier alpha value is -0.450. The van der Waals surface area contributed by atoms with E-state index >= 15 is 0 Å². The van der Waals surface area contributed by atoms with Crippen molar-refractivity contribution in [1.29, 1.82) is 0 Å². The largest absolute Gasteiger partial charge is 0.443 e. The van der Waals surface area contributed by atoms with Crippen LogP contribution in [-0.2, 0) is 9.53 Å². The van der Waals surface area contributed by atoms with Gasteiger partial charge in [-0.2, -0.15) is 13.2 Å². The van der Waals surface area contributed by atoms with E-state index in [1.165, 1.54) is 0 Å². The molecule has 0 aromatic rings. The maximum absolute atomic E-state index is 11.6. The van der Waals surface area contributed by atoms with Crippen molar-refractivity contribution in [1.82, 2.24) is 0 Å². The average molecular weight is 175 g/mol. The zero-order chi connectivity index (χ0) is 7.99. The van der Waals surface area contributed by atoms with Gasteiger partial charge >= 0.3 is 12.1 Å². The highest BCUT2D eigenvalue weighted by Gasteiger charge is 2.64. The first kappa shape index (κ1) is 7.65. The normalized spacial score (nSPS) is 33.0. The van der Waals surface area contributed by atoms with E-state index in [1.54, 1.807) is 0 Å². The van der Waals surface area contributed by atoms with Gasteiger partial charge in [-0.25, -0.2) is 0 Å². The number of cyclic esters (lactones) is 1. The molecule has 2 nitrogen and oxygen atoms in total. The molecular weight excluding hydrogens is 172 g/mol. The molecule has 1 fully saturated rings. The van der Waals surface area contributed by atoms with Crippen LogP contribution in [0.3, 0.4) is 0 Å². The number of esters is 1. The Morgan fingerprint density at radius 1 is 1.60 bits per heavy atom. The summed E-state index contributed by atoms with van der Waals surface area (Å²) in [6.45, 7) is 0. The molecule has 1 aliphatic rings. The van der Waals surface area contributed by atoms with Gasteiger partial charge in [-0.1, -0.05) is 11.6 Å². The van der Waals surface area contributed by atoms with Crippen LogP contribution in [0.1, 0.15) is 6.42 Å². The van der Waals surface area contributed by atoms with E-state index in [-0.39, 0.29) is 0 Å². The van der Waals surface area contributed by atoms with Gasteiger partial charge in [0.2, 0.25) is 0 Å². The van der Waals surface area contributed by atoms with Crippen LogP contribution < -0.4 is 0 Å².